The summed E-state index contributed by atoms with van der Waals surface area (Å²) < 4.78 is 40.5. The van der Waals surface area contributed by atoms with Gasteiger partial charge < -0.3 is 23.3 Å². The fourth-order valence-electron chi connectivity index (χ4n) is 3.62. The van der Waals surface area contributed by atoms with Crippen LogP contribution in [0.1, 0.15) is 40.2 Å². The monoisotopic (exact) mass is 456 g/mol. The maximum atomic E-state index is 12.7. The smallest absolute Gasteiger partial charge is 0.327 e. The Hall–Kier alpha value is -1.73. The van der Waals surface area contributed by atoms with Gasteiger partial charge in [0.05, 0.1) is 19.3 Å². The standard InChI is InChI=1S/C22H33O8P/c1-14(12-26-31(6,25)27-13-19-10-8-7-9-11-19)20-15(2)16(3)21(28-17(4)23)22(30-20)29-18(5)24/h7-11,14-16,20-22H,12-13H2,1-6H3/t14-,15+,16+,20?,21?,22?,31?/m1/s1. The van der Waals surface area contributed by atoms with Gasteiger partial charge in [-0.25, -0.2) is 0 Å². The zero-order chi connectivity index (χ0) is 23.2. The van der Waals surface area contributed by atoms with Crippen LogP contribution in [0.25, 0.3) is 0 Å². The molecular formula is C22H33O8P. The number of ether oxygens (including phenoxy) is 3. The first-order chi connectivity index (χ1) is 14.5. The summed E-state index contributed by atoms with van der Waals surface area (Å²) in [4.78, 5) is 23.0. The third-order valence-corrected chi connectivity index (χ3v) is 6.67. The Morgan fingerprint density at radius 2 is 1.65 bits per heavy atom. The fourth-order valence-corrected chi connectivity index (χ4v) is 4.58. The van der Waals surface area contributed by atoms with Gasteiger partial charge >= 0.3 is 19.5 Å². The lowest BCUT2D eigenvalue weighted by Gasteiger charge is -2.45. The second-order valence-electron chi connectivity index (χ2n) is 8.17. The van der Waals surface area contributed by atoms with Crippen LogP contribution in [-0.4, -0.2) is 43.7 Å². The zero-order valence-corrected chi connectivity index (χ0v) is 19.9. The zero-order valence-electron chi connectivity index (χ0n) is 19.0. The van der Waals surface area contributed by atoms with Crippen LogP contribution in [0.15, 0.2) is 30.3 Å². The van der Waals surface area contributed by atoms with Crippen LogP contribution in [0.5, 0.6) is 0 Å². The third-order valence-electron chi connectivity index (χ3n) is 5.45. The number of hydrogen-bond acceptors (Lipinski definition) is 8. The third kappa shape index (κ3) is 7.72. The Morgan fingerprint density at radius 3 is 2.23 bits per heavy atom. The van der Waals surface area contributed by atoms with Crippen LogP contribution < -0.4 is 0 Å². The van der Waals surface area contributed by atoms with Crippen molar-refractivity contribution in [2.45, 2.75) is 59.7 Å². The molecule has 1 saturated heterocycles. The highest BCUT2D eigenvalue weighted by Crippen LogP contribution is 2.46. The summed E-state index contributed by atoms with van der Waals surface area (Å²) >= 11 is 0. The molecule has 1 fully saturated rings. The van der Waals surface area contributed by atoms with E-state index in [0.29, 0.717) is 0 Å². The van der Waals surface area contributed by atoms with Crippen molar-refractivity contribution in [1.82, 2.24) is 0 Å². The Balaban J connectivity index is 1.99. The summed E-state index contributed by atoms with van der Waals surface area (Å²) in [6.45, 7) is 10.1. The first-order valence-electron chi connectivity index (χ1n) is 10.4. The summed E-state index contributed by atoms with van der Waals surface area (Å²) in [7, 11) is -3.28. The van der Waals surface area contributed by atoms with Gasteiger partial charge in [0.15, 0.2) is 6.10 Å². The maximum absolute atomic E-state index is 12.7. The van der Waals surface area contributed by atoms with E-state index in [1.165, 1.54) is 20.5 Å². The Kier molecular flexibility index (Phi) is 9.25. The van der Waals surface area contributed by atoms with Gasteiger partial charge in [-0.3, -0.25) is 14.2 Å². The van der Waals surface area contributed by atoms with Crippen molar-refractivity contribution >= 4 is 19.5 Å². The van der Waals surface area contributed by atoms with E-state index in [1.807, 2.05) is 51.1 Å². The molecule has 2 rings (SSSR count). The average Bonchev–Trinajstić information content (AvgIpc) is 2.70. The van der Waals surface area contributed by atoms with Crippen molar-refractivity contribution < 1.29 is 37.4 Å². The number of hydrogen-bond donors (Lipinski definition) is 0. The first kappa shape index (κ1) is 25.5. The molecule has 8 nitrogen and oxygen atoms in total. The molecule has 0 radical (unpaired) electrons. The SMILES string of the molecule is CC(=O)OC1OC([C@H](C)COP(C)(=O)OCc2ccccc2)[C@@H](C)[C@H](C)C1OC(C)=O. The normalized spacial score (nSPS) is 28.9. The quantitative estimate of drug-likeness (QED) is 0.403. The topological polar surface area (TPSA) is 97.4 Å². The summed E-state index contributed by atoms with van der Waals surface area (Å²) in [5, 5.41) is 0. The van der Waals surface area contributed by atoms with Gasteiger partial charge in [-0.15, -0.1) is 0 Å². The molecule has 0 bridgehead atoms. The fraction of sp³-hybridized carbons (Fsp3) is 0.636. The molecule has 31 heavy (non-hydrogen) atoms. The van der Waals surface area contributed by atoms with E-state index in [2.05, 4.69) is 0 Å². The van der Waals surface area contributed by atoms with Gasteiger partial charge in [-0.2, -0.15) is 0 Å². The van der Waals surface area contributed by atoms with Crippen molar-refractivity contribution in [2.75, 3.05) is 13.3 Å². The summed E-state index contributed by atoms with van der Waals surface area (Å²) in [5.74, 6) is -1.34. The van der Waals surface area contributed by atoms with E-state index < -0.39 is 31.9 Å². The number of esters is 2. The van der Waals surface area contributed by atoms with Crippen molar-refractivity contribution in [3.8, 4) is 0 Å². The summed E-state index contributed by atoms with van der Waals surface area (Å²) in [5.41, 5.74) is 0.903. The first-order valence-corrected chi connectivity index (χ1v) is 12.4. The molecule has 7 atom stereocenters. The van der Waals surface area contributed by atoms with E-state index >= 15 is 0 Å². The van der Waals surface area contributed by atoms with Crippen LogP contribution in [-0.2, 0) is 44.0 Å². The van der Waals surface area contributed by atoms with Crippen LogP contribution in [0.4, 0.5) is 0 Å². The van der Waals surface area contributed by atoms with Crippen LogP contribution in [0.3, 0.4) is 0 Å². The van der Waals surface area contributed by atoms with Crippen molar-refractivity contribution in [2.24, 2.45) is 17.8 Å². The Labute approximate surface area is 184 Å². The van der Waals surface area contributed by atoms with Crippen molar-refractivity contribution in [3.05, 3.63) is 35.9 Å². The summed E-state index contributed by atoms with van der Waals surface area (Å²) in [6.07, 6.45) is -2.07. The number of carbonyl (C=O) groups is 2. The molecule has 1 aliphatic rings. The largest absolute Gasteiger partial charge is 0.456 e. The Morgan fingerprint density at radius 1 is 1.03 bits per heavy atom. The molecule has 1 heterocycles. The number of carbonyl (C=O) groups excluding carboxylic acids is 2. The molecule has 9 heteroatoms. The minimum Gasteiger partial charge on any atom is -0.456 e. The van der Waals surface area contributed by atoms with Gasteiger partial charge in [0, 0.05) is 32.3 Å². The lowest BCUT2D eigenvalue weighted by molar-refractivity contribution is -0.274. The van der Waals surface area contributed by atoms with E-state index in [9.17, 15) is 14.2 Å². The minimum atomic E-state index is -3.28. The number of rotatable bonds is 9. The highest BCUT2D eigenvalue weighted by molar-refractivity contribution is 7.52. The Bertz CT molecular complexity index is 783. The average molecular weight is 456 g/mol. The maximum Gasteiger partial charge on any atom is 0.327 e. The van der Waals surface area contributed by atoms with E-state index in [-0.39, 0.29) is 37.1 Å². The molecule has 4 unspecified atom stereocenters. The lowest BCUT2D eigenvalue weighted by atomic mass is 9.79. The predicted molar refractivity (Wildman–Crippen MR) is 114 cm³/mol. The van der Waals surface area contributed by atoms with E-state index in [4.69, 9.17) is 23.3 Å². The summed E-state index contributed by atoms with van der Waals surface area (Å²) in [6, 6.07) is 9.43. The molecular weight excluding hydrogens is 423 g/mol. The molecule has 0 saturated carbocycles. The van der Waals surface area contributed by atoms with Gasteiger partial charge in [-0.05, 0) is 11.5 Å². The molecule has 0 N–H and O–H groups in total. The lowest BCUT2D eigenvalue weighted by Crippen LogP contribution is -2.54. The van der Waals surface area contributed by atoms with E-state index in [0.717, 1.165) is 5.56 Å². The molecule has 0 aliphatic carbocycles. The second kappa shape index (κ2) is 11.2. The van der Waals surface area contributed by atoms with Crippen LogP contribution >= 0.6 is 7.60 Å². The molecule has 0 aromatic heterocycles. The number of benzene rings is 1. The second-order valence-corrected chi connectivity index (χ2v) is 10.2. The van der Waals surface area contributed by atoms with Crippen molar-refractivity contribution in [1.29, 1.82) is 0 Å². The van der Waals surface area contributed by atoms with Gasteiger partial charge in [-0.1, -0.05) is 51.1 Å². The van der Waals surface area contributed by atoms with E-state index in [1.54, 1.807) is 0 Å². The van der Waals surface area contributed by atoms with Gasteiger partial charge in [0.2, 0.25) is 6.29 Å². The molecule has 1 aromatic carbocycles. The molecule has 1 aliphatic heterocycles. The van der Waals surface area contributed by atoms with Crippen molar-refractivity contribution in [3.63, 3.8) is 0 Å². The highest BCUT2D eigenvalue weighted by atomic mass is 31.2. The predicted octanol–water partition coefficient (Wildman–Crippen LogP) is 4.17. The van der Waals surface area contributed by atoms with Crippen LogP contribution in [0.2, 0.25) is 0 Å². The van der Waals surface area contributed by atoms with Gasteiger partial charge in [0.25, 0.3) is 0 Å². The van der Waals surface area contributed by atoms with Gasteiger partial charge in [0.1, 0.15) is 0 Å². The molecule has 174 valence electrons. The molecule has 0 amide bonds. The molecule has 0 spiro atoms. The highest BCUT2D eigenvalue weighted by Gasteiger charge is 2.47. The minimum absolute atomic E-state index is 0.0313. The molecule has 1 aromatic rings. The van der Waals surface area contributed by atoms with Crippen LogP contribution in [0, 0.1) is 17.8 Å².